The van der Waals surface area contributed by atoms with Gasteiger partial charge < -0.3 is 10.0 Å². The quantitative estimate of drug-likeness (QED) is 0.718. The van der Waals surface area contributed by atoms with Crippen molar-refractivity contribution in [2.75, 3.05) is 19.7 Å². The molecule has 162 valence electrons. The van der Waals surface area contributed by atoms with Crippen molar-refractivity contribution in [2.24, 2.45) is 5.92 Å². The summed E-state index contributed by atoms with van der Waals surface area (Å²) in [5.41, 5.74) is 4.48. The highest BCUT2D eigenvalue weighted by Gasteiger charge is 2.43. The van der Waals surface area contributed by atoms with Crippen LogP contribution in [0.25, 0.3) is 5.57 Å². The van der Waals surface area contributed by atoms with Crippen molar-refractivity contribution in [1.29, 1.82) is 0 Å². The van der Waals surface area contributed by atoms with Crippen LogP contribution in [-0.2, 0) is 16.1 Å². The van der Waals surface area contributed by atoms with Crippen LogP contribution in [0.5, 0.6) is 0 Å². The topological polar surface area (TPSA) is 60.9 Å². The Labute approximate surface area is 187 Å². The zero-order valence-electron chi connectivity index (χ0n) is 17.9. The van der Waals surface area contributed by atoms with Crippen LogP contribution in [0.15, 0.2) is 48.2 Å². The Balaban J connectivity index is 1.78. The molecule has 0 aromatic heterocycles. The van der Waals surface area contributed by atoms with Crippen molar-refractivity contribution in [3.8, 4) is 0 Å². The summed E-state index contributed by atoms with van der Waals surface area (Å²) < 4.78 is 0. The number of imide groups is 1. The van der Waals surface area contributed by atoms with Gasteiger partial charge in [-0.05, 0) is 55.4 Å². The van der Waals surface area contributed by atoms with Crippen molar-refractivity contribution < 1.29 is 14.7 Å². The zero-order valence-corrected chi connectivity index (χ0v) is 18.7. The molecule has 0 saturated carbocycles. The molecule has 2 amide bonds. The molecule has 2 aromatic rings. The van der Waals surface area contributed by atoms with Crippen LogP contribution >= 0.6 is 11.6 Å². The predicted molar refractivity (Wildman–Crippen MR) is 121 cm³/mol. The summed E-state index contributed by atoms with van der Waals surface area (Å²) in [6.45, 7) is 5.45. The highest BCUT2D eigenvalue weighted by molar-refractivity contribution is 6.36. The maximum absolute atomic E-state index is 13.6. The minimum atomic E-state index is -0.294. The van der Waals surface area contributed by atoms with Gasteiger partial charge in [0.25, 0.3) is 11.8 Å². The molecule has 0 bridgehead atoms. The van der Waals surface area contributed by atoms with Crippen LogP contribution in [0.1, 0.15) is 35.1 Å². The number of aryl methyl sites for hydroxylation is 2. The summed E-state index contributed by atoms with van der Waals surface area (Å²) in [7, 11) is 0. The van der Waals surface area contributed by atoms with Gasteiger partial charge in [-0.25, -0.2) is 0 Å². The van der Waals surface area contributed by atoms with Gasteiger partial charge in [-0.2, -0.15) is 0 Å². The monoisotopic (exact) mass is 438 g/mol. The van der Waals surface area contributed by atoms with Crippen molar-refractivity contribution in [2.45, 2.75) is 33.2 Å². The number of piperidine rings is 1. The number of hydrogen-bond donors (Lipinski definition) is 1. The van der Waals surface area contributed by atoms with Crippen molar-refractivity contribution in [3.63, 3.8) is 0 Å². The fraction of sp³-hybridized carbons (Fsp3) is 0.360. The third-order valence-electron chi connectivity index (χ3n) is 6.17. The van der Waals surface area contributed by atoms with Crippen molar-refractivity contribution in [3.05, 3.63) is 75.4 Å². The van der Waals surface area contributed by atoms with Gasteiger partial charge in [0.05, 0.1) is 12.1 Å². The molecule has 2 heterocycles. The standard InChI is InChI=1S/C25H27ClN2O3/c1-16-9-10-20(17(2)12-16)22-23(27-11-5-6-18(13-27)15-29)25(31)28(24(22)30)14-19-7-3-4-8-21(19)26/h3-4,7-10,12,18,29H,5-6,11,13-15H2,1-2H3. The van der Waals surface area contributed by atoms with Gasteiger partial charge in [-0.3, -0.25) is 14.5 Å². The van der Waals surface area contributed by atoms with Gasteiger partial charge in [0.1, 0.15) is 5.70 Å². The van der Waals surface area contributed by atoms with E-state index in [1.54, 1.807) is 6.07 Å². The first-order chi connectivity index (χ1) is 14.9. The van der Waals surface area contributed by atoms with Gasteiger partial charge >= 0.3 is 0 Å². The molecule has 1 unspecified atom stereocenters. The molecule has 0 spiro atoms. The van der Waals surface area contributed by atoms with Crippen LogP contribution in [0.3, 0.4) is 0 Å². The van der Waals surface area contributed by atoms with Gasteiger partial charge in [0.15, 0.2) is 0 Å². The number of carbonyl (C=O) groups is 2. The van der Waals surface area contributed by atoms with E-state index >= 15 is 0 Å². The fourth-order valence-corrected chi connectivity index (χ4v) is 4.75. The number of benzene rings is 2. The van der Waals surface area contributed by atoms with E-state index in [-0.39, 0.29) is 30.9 Å². The van der Waals surface area contributed by atoms with E-state index in [0.29, 0.717) is 29.4 Å². The van der Waals surface area contributed by atoms with E-state index in [4.69, 9.17) is 11.6 Å². The first kappa shape index (κ1) is 21.6. The van der Waals surface area contributed by atoms with Crippen LogP contribution in [0, 0.1) is 19.8 Å². The molecule has 2 aliphatic rings. The van der Waals surface area contributed by atoms with Crippen LogP contribution in [0.4, 0.5) is 0 Å². The average Bonchev–Trinajstić information content (AvgIpc) is 3.00. The third-order valence-corrected chi connectivity index (χ3v) is 6.54. The first-order valence-electron chi connectivity index (χ1n) is 10.7. The minimum absolute atomic E-state index is 0.0775. The molecule has 4 rings (SSSR count). The predicted octanol–water partition coefficient (Wildman–Crippen LogP) is 3.94. The second-order valence-electron chi connectivity index (χ2n) is 8.47. The lowest BCUT2D eigenvalue weighted by atomic mass is 9.95. The number of amides is 2. The number of aliphatic hydroxyl groups is 1. The number of likely N-dealkylation sites (tertiary alicyclic amines) is 1. The maximum Gasteiger partial charge on any atom is 0.278 e. The van der Waals surface area contributed by atoms with Gasteiger partial charge in [0, 0.05) is 24.7 Å². The summed E-state index contributed by atoms with van der Waals surface area (Å²) in [6.07, 6.45) is 1.80. The summed E-state index contributed by atoms with van der Waals surface area (Å²) in [4.78, 5) is 30.5. The molecule has 1 N–H and O–H groups in total. The Hall–Kier alpha value is -2.63. The Bertz CT molecular complexity index is 1060. The highest BCUT2D eigenvalue weighted by atomic mass is 35.5. The number of rotatable bonds is 5. The van der Waals surface area contributed by atoms with Crippen molar-refractivity contribution in [1.82, 2.24) is 9.80 Å². The van der Waals surface area contributed by atoms with E-state index < -0.39 is 0 Å². The van der Waals surface area contributed by atoms with E-state index in [1.807, 2.05) is 55.1 Å². The number of halogens is 1. The lowest BCUT2D eigenvalue weighted by Gasteiger charge is -2.34. The molecule has 0 aliphatic carbocycles. The Kier molecular flexibility index (Phi) is 6.17. The Morgan fingerprint density at radius 2 is 1.87 bits per heavy atom. The van der Waals surface area contributed by atoms with Crippen LogP contribution < -0.4 is 0 Å². The Morgan fingerprint density at radius 3 is 2.58 bits per heavy atom. The molecule has 1 atom stereocenters. The van der Waals surface area contributed by atoms with Crippen LogP contribution in [0.2, 0.25) is 5.02 Å². The van der Waals surface area contributed by atoms with E-state index in [9.17, 15) is 14.7 Å². The summed E-state index contributed by atoms with van der Waals surface area (Å²) in [5, 5.41) is 10.2. The molecule has 31 heavy (non-hydrogen) atoms. The lowest BCUT2D eigenvalue weighted by Crippen LogP contribution is -2.40. The SMILES string of the molecule is Cc1ccc(C2=C(N3CCCC(CO)C3)C(=O)N(Cc3ccccc3Cl)C2=O)c(C)c1. The largest absolute Gasteiger partial charge is 0.396 e. The van der Waals surface area contributed by atoms with Crippen LogP contribution in [-0.4, -0.2) is 46.4 Å². The summed E-state index contributed by atoms with van der Waals surface area (Å²) in [6, 6.07) is 13.2. The number of nitrogens with zero attached hydrogens (tertiary/aromatic N) is 2. The molecule has 1 fully saturated rings. The van der Waals surface area contributed by atoms with Gasteiger partial charge in [0.2, 0.25) is 0 Å². The van der Waals surface area contributed by atoms with Crippen molar-refractivity contribution >= 4 is 29.0 Å². The fourth-order valence-electron chi connectivity index (χ4n) is 4.55. The lowest BCUT2D eigenvalue weighted by molar-refractivity contribution is -0.138. The van der Waals surface area contributed by atoms with E-state index in [1.165, 1.54) is 4.90 Å². The molecule has 6 heteroatoms. The summed E-state index contributed by atoms with van der Waals surface area (Å²) in [5.74, 6) is -0.487. The highest BCUT2D eigenvalue weighted by Crippen LogP contribution is 2.36. The number of hydrogen-bond acceptors (Lipinski definition) is 4. The van der Waals surface area contributed by atoms with E-state index in [2.05, 4.69) is 0 Å². The maximum atomic E-state index is 13.6. The summed E-state index contributed by atoms with van der Waals surface area (Å²) >= 11 is 6.32. The minimum Gasteiger partial charge on any atom is -0.396 e. The van der Waals surface area contributed by atoms with Gasteiger partial charge in [-0.1, -0.05) is 53.6 Å². The molecule has 1 saturated heterocycles. The molecular formula is C25H27ClN2O3. The molecular weight excluding hydrogens is 412 g/mol. The normalized spacial score (nSPS) is 19.5. The molecule has 0 radical (unpaired) electrons. The van der Waals surface area contributed by atoms with E-state index in [0.717, 1.165) is 35.1 Å². The zero-order chi connectivity index (χ0) is 22.1. The number of carbonyl (C=O) groups excluding carboxylic acids is 2. The van der Waals surface area contributed by atoms with Gasteiger partial charge in [-0.15, -0.1) is 0 Å². The second-order valence-corrected chi connectivity index (χ2v) is 8.87. The number of aliphatic hydroxyl groups excluding tert-OH is 1. The second kappa shape index (κ2) is 8.85. The third kappa shape index (κ3) is 4.12. The smallest absolute Gasteiger partial charge is 0.278 e. The Morgan fingerprint density at radius 1 is 1.10 bits per heavy atom. The molecule has 2 aliphatic heterocycles. The first-order valence-corrected chi connectivity index (χ1v) is 11.1. The average molecular weight is 439 g/mol. The molecule has 2 aromatic carbocycles. The molecule has 5 nitrogen and oxygen atoms in total.